The summed E-state index contributed by atoms with van der Waals surface area (Å²) in [4.78, 5) is 41.4. The van der Waals surface area contributed by atoms with Crippen LogP contribution >= 0.6 is 0 Å². The van der Waals surface area contributed by atoms with Gasteiger partial charge in [-0.05, 0) is 73.9 Å². The van der Waals surface area contributed by atoms with Gasteiger partial charge in [-0.3, -0.25) is 19.3 Å². The van der Waals surface area contributed by atoms with E-state index in [-0.39, 0.29) is 24.1 Å². The largest absolute Gasteiger partial charge is 0.504 e. The summed E-state index contributed by atoms with van der Waals surface area (Å²) in [6.07, 6.45) is 4.80. The van der Waals surface area contributed by atoms with Crippen molar-refractivity contribution in [2.45, 2.75) is 57.7 Å². The highest BCUT2D eigenvalue weighted by Crippen LogP contribution is 2.34. The first-order valence-corrected chi connectivity index (χ1v) is 13.4. The Morgan fingerprint density at radius 3 is 2.40 bits per heavy atom. The molecule has 206 valence electrons. The Kier molecular flexibility index (Phi) is 7.77. The molecule has 3 N–H and O–H groups in total. The van der Waals surface area contributed by atoms with E-state index in [2.05, 4.69) is 15.6 Å². The van der Waals surface area contributed by atoms with Crippen molar-refractivity contribution in [3.8, 4) is 11.5 Å². The maximum Gasteiger partial charge on any atom is 0.249 e. The molecule has 0 saturated heterocycles. The van der Waals surface area contributed by atoms with Crippen molar-refractivity contribution < 1.29 is 24.6 Å². The van der Waals surface area contributed by atoms with Crippen LogP contribution in [0, 0.1) is 0 Å². The number of hydrogen-bond donors (Lipinski definition) is 3. The van der Waals surface area contributed by atoms with Gasteiger partial charge in [-0.1, -0.05) is 42.7 Å². The van der Waals surface area contributed by atoms with Gasteiger partial charge in [-0.15, -0.1) is 5.10 Å². The molecule has 0 bridgehead atoms. The lowest BCUT2D eigenvalue weighted by atomic mass is 9.94. The van der Waals surface area contributed by atoms with Gasteiger partial charge in [0.05, 0.1) is 5.52 Å². The number of carbonyl (C=O) groups is 3. The van der Waals surface area contributed by atoms with E-state index in [9.17, 15) is 24.6 Å². The number of nitrogens with zero attached hydrogens (tertiary/aromatic N) is 4. The van der Waals surface area contributed by atoms with Crippen molar-refractivity contribution in [2.75, 3.05) is 4.90 Å². The van der Waals surface area contributed by atoms with Gasteiger partial charge >= 0.3 is 0 Å². The number of phenols is 2. The SMILES string of the molecule is CC(=O)c1ccc(N(C(=O)Cn2nnc3ccccc32)[C@H](C(=O)NC2CCCCC2)c2ccc(O)c(O)c2)cc1. The van der Waals surface area contributed by atoms with E-state index in [1.165, 1.54) is 34.7 Å². The standard InChI is InChI=1S/C30H31N5O5/c1-19(36)20-11-14-23(15-12-20)35(28(39)18-34-25-10-6-5-9-24(25)32-33-34)29(21-13-16-26(37)27(38)17-21)30(40)31-22-7-3-2-4-8-22/h5-6,9-17,22,29,37-38H,2-4,7-8,18H2,1H3,(H,31,40)/t29-/m0/s1. The Labute approximate surface area is 231 Å². The maximum atomic E-state index is 14.1. The predicted molar refractivity (Wildman–Crippen MR) is 149 cm³/mol. The number of phenolic OH excluding ortho intramolecular Hbond substituents is 2. The lowest BCUT2D eigenvalue weighted by Crippen LogP contribution is -2.48. The van der Waals surface area contributed by atoms with Crippen LogP contribution in [-0.2, 0) is 16.1 Å². The van der Waals surface area contributed by atoms with E-state index in [4.69, 9.17) is 0 Å². The molecule has 0 unspecified atom stereocenters. The highest BCUT2D eigenvalue weighted by atomic mass is 16.3. The van der Waals surface area contributed by atoms with Crippen molar-refractivity contribution in [2.24, 2.45) is 0 Å². The zero-order valence-corrected chi connectivity index (χ0v) is 22.2. The third-order valence-corrected chi connectivity index (χ3v) is 7.30. The van der Waals surface area contributed by atoms with Gasteiger partial charge in [-0.25, -0.2) is 4.68 Å². The third kappa shape index (κ3) is 5.66. The summed E-state index contributed by atoms with van der Waals surface area (Å²) >= 11 is 0. The lowest BCUT2D eigenvalue weighted by molar-refractivity contribution is -0.127. The number of rotatable bonds is 8. The summed E-state index contributed by atoms with van der Waals surface area (Å²) in [7, 11) is 0. The summed E-state index contributed by atoms with van der Waals surface area (Å²) in [5, 5.41) is 31.7. The van der Waals surface area contributed by atoms with Crippen molar-refractivity contribution in [1.82, 2.24) is 20.3 Å². The molecule has 5 rings (SSSR count). The van der Waals surface area contributed by atoms with Crippen molar-refractivity contribution in [3.63, 3.8) is 0 Å². The molecule has 1 heterocycles. The van der Waals surface area contributed by atoms with E-state index in [1.807, 2.05) is 12.1 Å². The second kappa shape index (κ2) is 11.6. The quantitative estimate of drug-likeness (QED) is 0.224. The second-order valence-corrected chi connectivity index (χ2v) is 10.1. The van der Waals surface area contributed by atoms with Crippen molar-refractivity contribution >= 4 is 34.3 Å². The number of fused-ring (bicyclic) bond motifs is 1. The summed E-state index contributed by atoms with van der Waals surface area (Å²) in [5.74, 6) is -1.75. The highest BCUT2D eigenvalue weighted by molar-refractivity contribution is 6.02. The Balaban J connectivity index is 1.59. The summed E-state index contributed by atoms with van der Waals surface area (Å²) in [6, 6.07) is 16.6. The zero-order valence-electron chi connectivity index (χ0n) is 22.2. The molecule has 1 saturated carbocycles. The minimum Gasteiger partial charge on any atom is -0.504 e. The summed E-state index contributed by atoms with van der Waals surface area (Å²) in [6.45, 7) is 1.24. The Morgan fingerprint density at radius 1 is 0.975 bits per heavy atom. The highest BCUT2D eigenvalue weighted by Gasteiger charge is 2.35. The first-order valence-electron chi connectivity index (χ1n) is 13.4. The van der Waals surface area contributed by atoms with Crippen LogP contribution in [-0.4, -0.2) is 48.8 Å². The predicted octanol–water partition coefficient (Wildman–Crippen LogP) is 4.27. The molecule has 0 radical (unpaired) electrons. The number of para-hydroxylation sites is 1. The van der Waals surface area contributed by atoms with Crippen LogP contribution in [0.3, 0.4) is 0 Å². The maximum absolute atomic E-state index is 14.1. The number of amides is 2. The van der Waals surface area contributed by atoms with Gasteiger partial charge in [0.1, 0.15) is 18.1 Å². The lowest BCUT2D eigenvalue weighted by Gasteiger charge is -2.33. The molecule has 0 aliphatic heterocycles. The molecule has 40 heavy (non-hydrogen) atoms. The smallest absolute Gasteiger partial charge is 0.249 e. The van der Waals surface area contributed by atoms with E-state index in [0.717, 1.165) is 32.1 Å². The first kappa shape index (κ1) is 26.9. The molecular formula is C30H31N5O5. The van der Waals surface area contributed by atoms with Crippen LogP contribution in [0.2, 0.25) is 0 Å². The molecule has 1 atom stereocenters. The van der Waals surface area contributed by atoms with Gasteiger partial charge in [0.2, 0.25) is 11.8 Å². The van der Waals surface area contributed by atoms with E-state index in [0.29, 0.717) is 27.8 Å². The molecule has 1 fully saturated rings. The van der Waals surface area contributed by atoms with Crippen LogP contribution < -0.4 is 10.2 Å². The second-order valence-electron chi connectivity index (χ2n) is 10.1. The topological polar surface area (TPSA) is 138 Å². The fourth-order valence-electron chi connectivity index (χ4n) is 5.19. The average Bonchev–Trinajstić information content (AvgIpc) is 3.36. The molecule has 10 heteroatoms. The molecule has 2 amide bonds. The molecule has 0 spiro atoms. The molecule has 4 aromatic rings. The van der Waals surface area contributed by atoms with E-state index in [1.54, 1.807) is 36.4 Å². The minimum atomic E-state index is -1.18. The van der Waals surface area contributed by atoms with Crippen LogP contribution in [0.1, 0.15) is 61.0 Å². The van der Waals surface area contributed by atoms with Gasteiger partial charge < -0.3 is 15.5 Å². The number of benzene rings is 3. The van der Waals surface area contributed by atoms with Crippen LogP contribution in [0.25, 0.3) is 11.0 Å². The van der Waals surface area contributed by atoms with Crippen LogP contribution in [0.4, 0.5) is 5.69 Å². The molecule has 1 aliphatic rings. The van der Waals surface area contributed by atoms with Crippen molar-refractivity contribution in [1.29, 1.82) is 0 Å². The molecular weight excluding hydrogens is 510 g/mol. The average molecular weight is 542 g/mol. The number of carbonyl (C=O) groups excluding carboxylic acids is 3. The van der Waals surface area contributed by atoms with Crippen LogP contribution in [0.5, 0.6) is 11.5 Å². The normalized spacial score (nSPS) is 14.5. The molecule has 1 aliphatic carbocycles. The zero-order chi connectivity index (χ0) is 28.2. The van der Waals surface area contributed by atoms with Gasteiger partial charge in [0.15, 0.2) is 17.3 Å². The Hall–Kier alpha value is -4.73. The third-order valence-electron chi connectivity index (χ3n) is 7.30. The van der Waals surface area contributed by atoms with E-state index >= 15 is 0 Å². The Morgan fingerprint density at radius 2 is 1.70 bits per heavy atom. The first-order chi connectivity index (χ1) is 19.3. The minimum absolute atomic E-state index is 0.0363. The summed E-state index contributed by atoms with van der Waals surface area (Å²) < 4.78 is 1.47. The van der Waals surface area contributed by atoms with Gasteiger partial charge in [0, 0.05) is 17.3 Å². The fourth-order valence-corrected chi connectivity index (χ4v) is 5.19. The monoisotopic (exact) mass is 541 g/mol. The van der Waals surface area contributed by atoms with Gasteiger partial charge in [0.25, 0.3) is 0 Å². The van der Waals surface area contributed by atoms with Gasteiger partial charge in [-0.2, -0.15) is 0 Å². The number of hydrogen-bond acceptors (Lipinski definition) is 7. The van der Waals surface area contributed by atoms with Crippen molar-refractivity contribution in [3.05, 3.63) is 77.9 Å². The fraction of sp³-hybridized carbons (Fsp3) is 0.300. The van der Waals surface area contributed by atoms with Crippen LogP contribution in [0.15, 0.2) is 66.7 Å². The Bertz CT molecular complexity index is 1540. The number of aromatic hydroxyl groups is 2. The molecule has 1 aromatic heterocycles. The van der Waals surface area contributed by atoms with E-state index < -0.39 is 23.6 Å². The number of ketones is 1. The summed E-state index contributed by atoms with van der Waals surface area (Å²) in [5.41, 5.74) is 2.45. The number of aromatic nitrogens is 3. The number of Topliss-reactive ketones (excluding diaryl/α,β-unsaturated/α-hetero) is 1. The number of anilines is 1. The number of nitrogens with one attached hydrogen (secondary N) is 1. The molecule has 3 aromatic carbocycles. The molecule has 10 nitrogen and oxygen atoms in total.